The van der Waals surface area contributed by atoms with Crippen molar-refractivity contribution in [1.29, 1.82) is 0 Å². The third-order valence-electron chi connectivity index (χ3n) is 3.19. The molecule has 1 atom stereocenters. The number of carbonyl (C=O) groups is 1. The number of carbonyl (C=O) groups excluding carboxylic acids is 1. The lowest BCUT2D eigenvalue weighted by Gasteiger charge is -2.16. The van der Waals surface area contributed by atoms with Crippen molar-refractivity contribution in [2.45, 2.75) is 26.9 Å². The van der Waals surface area contributed by atoms with E-state index in [1.807, 2.05) is 44.2 Å². The quantitative estimate of drug-likeness (QED) is 0.802. The largest absolute Gasteiger partial charge is 0.494 e. The smallest absolute Gasteiger partial charge is 0.265 e. The van der Waals surface area contributed by atoms with Crippen LogP contribution in [0.3, 0.4) is 0 Å². The number of aryl methyl sites for hydroxylation is 1. The fourth-order valence-electron chi connectivity index (χ4n) is 1.99. The zero-order chi connectivity index (χ0) is 16.8. The van der Waals surface area contributed by atoms with Gasteiger partial charge < -0.3 is 14.8 Å². The number of nitrogens with one attached hydrogen (secondary N) is 1. The normalized spacial score (nSPS) is 11.7. The van der Waals surface area contributed by atoms with Gasteiger partial charge in [0.25, 0.3) is 5.91 Å². The molecule has 0 aromatic heterocycles. The van der Waals surface area contributed by atoms with Crippen LogP contribution in [0.5, 0.6) is 11.5 Å². The molecule has 0 spiro atoms. The summed E-state index contributed by atoms with van der Waals surface area (Å²) in [7, 11) is 0. The van der Waals surface area contributed by atoms with Crippen molar-refractivity contribution in [2.24, 2.45) is 0 Å². The Bertz CT molecular complexity index is 670. The molecule has 0 aliphatic carbocycles. The highest BCUT2D eigenvalue weighted by Gasteiger charge is 2.16. The van der Waals surface area contributed by atoms with E-state index in [1.54, 1.807) is 19.1 Å². The van der Waals surface area contributed by atoms with Crippen molar-refractivity contribution in [3.63, 3.8) is 0 Å². The topological polar surface area (TPSA) is 47.6 Å². The molecule has 0 unspecified atom stereocenters. The zero-order valence-corrected chi connectivity index (χ0v) is 15.0. The Morgan fingerprint density at radius 2 is 1.91 bits per heavy atom. The minimum atomic E-state index is -0.611. The van der Waals surface area contributed by atoms with Crippen LogP contribution in [-0.2, 0) is 4.79 Å². The lowest BCUT2D eigenvalue weighted by Crippen LogP contribution is -2.30. The molecule has 122 valence electrons. The first-order chi connectivity index (χ1) is 11.0. The highest BCUT2D eigenvalue weighted by atomic mass is 79.9. The van der Waals surface area contributed by atoms with Crippen LogP contribution in [0.4, 0.5) is 5.69 Å². The minimum Gasteiger partial charge on any atom is -0.494 e. The van der Waals surface area contributed by atoms with Gasteiger partial charge in [0, 0.05) is 5.69 Å². The number of halogens is 1. The predicted octanol–water partition coefficient (Wildman–Crippen LogP) is 4.56. The van der Waals surface area contributed by atoms with E-state index in [0.29, 0.717) is 18.0 Å². The lowest BCUT2D eigenvalue weighted by molar-refractivity contribution is -0.122. The van der Waals surface area contributed by atoms with Gasteiger partial charge in [-0.25, -0.2) is 0 Å². The Morgan fingerprint density at radius 1 is 1.22 bits per heavy atom. The molecule has 0 aliphatic heterocycles. The average Bonchev–Trinajstić information content (AvgIpc) is 2.52. The molecule has 0 saturated carbocycles. The first-order valence-corrected chi connectivity index (χ1v) is 8.25. The fraction of sp³-hybridized carbons (Fsp3) is 0.278. The van der Waals surface area contributed by atoms with Gasteiger partial charge in [0.05, 0.1) is 11.1 Å². The van der Waals surface area contributed by atoms with Crippen molar-refractivity contribution in [3.05, 3.63) is 52.5 Å². The van der Waals surface area contributed by atoms with Gasteiger partial charge >= 0.3 is 0 Å². The highest BCUT2D eigenvalue weighted by molar-refractivity contribution is 9.10. The summed E-state index contributed by atoms with van der Waals surface area (Å²) >= 11 is 3.44. The van der Waals surface area contributed by atoms with Gasteiger partial charge in [0.15, 0.2) is 6.10 Å². The Labute approximate surface area is 144 Å². The Morgan fingerprint density at radius 3 is 2.52 bits per heavy atom. The fourth-order valence-corrected chi connectivity index (χ4v) is 2.58. The second-order valence-electron chi connectivity index (χ2n) is 5.14. The summed E-state index contributed by atoms with van der Waals surface area (Å²) in [6, 6.07) is 13.0. The van der Waals surface area contributed by atoms with Crippen LogP contribution in [0.1, 0.15) is 19.4 Å². The summed E-state index contributed by atoms with van der Waals surface area (Å²) in [5, 5.41) is 2.83. The van der Waals surface area contributed by atoms with Gasteiger partial charge in [-0.1, -0.05) is 6.07 Å². The molecular weight excluding hydrogens is 358 g/mol. The molecule has 0 saturated heterocycles. The van der Waals surface area contributed by atoms with Crippen LogP contribution in [0.25, 0.3) is 0 Å². The maximum absolute atomic E-state index is 12.2. The van der Waals surface area contributed by atoms with Gasteiger partial charge in [0.1, 0.15) is 11.5 Å². The summed E-state index contributed by atoms with van der Waals surface area (Å²) in [6.45, 7) is 6.26. The SMILES string of the molecule is CCOc1ccc(NC(=O)[C@H](C)Oc2ccc(C)cc2Br)cc1. The third-order valence-corrected chi connectivity index (χ3v) is 3.81. The van der Waals surface area contributed by atoms with Crippen molar-refractivity contribution in [3.8, 4) is 11.5 Å². The lowest BCUT2D eigenvalue weighted by atomic mass is 10.2. The van der Waals surface area contributed by atoms with E-state index < -0.39 is 6.10 Å². The Balaban J connectivity index is 1.96. The maximum atomic E-state index is 12.2. The molecule has 2 rings (SSSR count). The molecule has 0 bridgehead atoms. The molecule has 0 fully saturated rings. The predicted molar refractivity (Wildman–Crippen MR) is 95.2 cm³/mol. The molecule has 1 amide bonds. The van der Waals surface area contributed by atoms with Crippen LogP contribution < -0.4 is 14.8 Å². The van der Waals surface area contributed by atoms with Crippen LogP contribution in [-0.4, -0.2) is 18.6 Å². The van der Waals surface area contributed by atoms with Crippen molar-refractivity contribution >= 4 is 27.5 Å². The number of anilines is 1. The highest BCUT2D eigenvalue weighted by Crippen LogP contribution is 2.27. The molecule has 2 aromatic carbocycles. The van der Waals surface area contributed by atoms with E-state index in [2.05, 4.69) is 21.2 Å². The van der Waals surface area contributed by atoms with Crippen molar-refractivity contribution in [2.75, 3.05) is 11.9 Å². The molecule has 0 aliphatic rings. The second kappa shape index (κ2) is 8.02. The number of rotatable bonds is 6. The van der Waals surface area contributed by atoms with Gasteiger partial charge in [0.2, 0.25) is 0 Å². The van der Waals surface area contributed by atoms with Crippen molar-refractivity contribution in [1.82, 2.24) is 0 Å². The third kappa shape index (κ3) is 4.99. The van der Waals surface area contributed by atoms with E-state index in [0.717, 1.165) is 15.8 Å². The number of hydrogen-bond donors (Lipinski definition) is 1. The molecule has 5 heteroatoms. The summed E-state index contributed by atoms with van der Waals surface area (Å²) in [5.74, 6) is 1.21. The van der Waals surface area contributed by atoms with E-state index in [1.165, 1.54) is 0 Å². The van der Waals surface area contributed by atoms with Crippen LogP contribution in [0.15, 0.2) is 46.9 Å². The number of hydrogen-bond acceptors (Lipinski definition) is 3. The maximum Gasteiger partial charge on any atom is 0.265 e. The first-order valence-electron chi connectivity index (χ1n) is 7.46. The average molecular weight is 378 g/mol. The molecule has 0 radical (unpaired) electrons. The standard InChI is InChI=1S/C18H20BrNO3/c1-4-22-15-8-6-14(7-9-15)20-18(21)13(3)23-17-10-5-12(2)11-16(17)19/h5-11,13H,4H2,1-3H3,(H,20,21)/t13-/m0/s1. The van der Waals surface area contributed by atoms with Gasteiger partial charge in [-0.2, -0.15) is 0 Å². The van der Waals surface area contributed by atoms with Gasteiger partial charge in [-0.05, 0) is 78.7 Å². The summed E-state index contributed by atoms with van der Waals surface area (Å²) in [6.07, 6.45) is -0.611. The van der Waals surface area contributed by atoms with Gasteiger partial charge in [-0.3, -0.25) is 4.79 Å². The molecular formula is C18H20BrNO3. The summed E-state index contributed by atoms with van der Waals surface area (Å²) in [5.41, 5.74) is 1.83. The number of amides is 1. The van der Waals surface area contributed by atoms with E-state index in [4.69, 9.17) is 9.47 Å². The summed E-state index contributed by atoms with van der Waals surface area (Å²) in [4.78, 5) is 12.2. The van der Waals surface area contributed by atoms with E-state index in [-0.39, 0.29) is 5.91 Å². The van der Waals surface area contributed by atoms with E-state index >= 15 is 0 Å². The first kappa shape index (κ1) is 17.3. The minimum absolute atomic E-state index is 0.207. The zero-order valence-electron chi connectivity index (χ0n) is 13.4. The monoisotopic (exact) mass is 377 g/mol. The van der Waals surface area contributed by atoms with Crippen molar-refractivity contribution < 1.29 is 14.3 Å². The second-order valence-corrected chi connectivity index (χ2v) is 5.99. The Kier molecular flexibility index (Phi) is 6.04. The molecule has 23 heavy (non-hydrogen) atoms. The van der Waals surface area contributed by atoms with E-state index in [9.17, 15) is 4.79 Å². The number of ether oxygens (including phenoxy) is 2. The van der Waals surface area contributed by atoms with Crippen LogP contribution in [0.2, 0.25) is 0 Å². The van der Waals surface area contributed by atoms with Gasteiger partial charge in [-0.15, -0.1) is 0 Å². The summed E-state index contributed by atoms with van der Waals surface area (Å²) < 4.78 is 11.9. The van der Waals surface area contributed by atoms with Crippen LogP contribution >= 0.6 is 15.9 Å². The Hall–Kier alpha value is -2.01. The molecule has 1 N–H and O–H groups in total. The van der Waals surface area contributed by atoms with Crippen LogP contribution in [0, 0.1) is 6.92 Å². The molecule has 0 heterocycles. The molecule has 4 nitrogen and oxygen atoms in total. The molecule has 2 aromatic rings. The number of benzene rings is 2.